The number of hydrazone groups is 1. The van der Waals surface area contributed by atoms with Crippen molar-refractivity contribution in [2.75, 3.05) is 10.5 Å². The minimum absolute atomic E-state index is 0.00706. The molecule has 1 heterocycles. The quantitative estimate of drug-likeness (QED) is 0.484. The Bertz CT molecular complexity index is 1440. The highest BCUT2D eigenvalue weighted by atomic mass is 35.5. The molecule has 11 heteroatoms. The number of sulfonamides is 2. The monoisotopic (exact) mass is 521 g/mol. The van der Waals surface area contributed by atoms with Crippen molar-refractivity contribution in [2.24, 2.45) is 5.10 Å². The van der Waals surface area contributed by atoms with Crippen molar-refractivity contribution in [2.45, 2.75) is 24.3 Å². The number of rotatable bonds is 7. The molecular formula is C23H21ClFN3O4S2. The van der Waals surface area contributed by atoms with E-state index in [0.717, 1.165) is 4.41 Å². The second kappa shape index (κ2) is 9.36. The molecule has 0 aromatic heterocycles. The first-order valence-corrected chi connectivity index (χ1v) is 13.8. The van der Waals surface area contributed by atoms with Gasteiger partial charge in [0, 0.05) is 17.1 Å². The van der Waals surface area contributed by atoms with E-state index in [1.54, 1.807) is 30.3 Å². The third kappa shape index (κ3) is 5.08. The second-order valence-electron chi connectivity index (χ2n) is 7.64. The SMILES string of the molecule is CCS(=O)(=O)Nc1ccc(C2=NN(S(=O)(=O)c3ccc(Cl)cc3)C(c3cccc(F)c3)C2)cc1. The molecule has 3 aromatic rings. The standard InChI is InChI=1S/C23H21ClFN3O4S2/c1-2-33(29,30)27-20-10-6-16(7-11-20)22-15-23(17-4-3-5-19(25)14-17)28(26-22)34(31,32)21-12-8-18(24)9-13-21/h3-14,23,27H,2,15H2,1H3. The molecule has 3 aromatic carbocycles. The predicted molar refractivity (Wildman–Crippen MR) is 130 cm³/mol. The fourth-order valence-electron chi connectivity index (χ4n) is 3.54. The molecule has 0 spiro atoms. The summed E-state index contributed by atoms with van der Waals surface area (Å²) in [6.07, 6.45) is 0.205. The highest BCUT2D eigenvalue weighted by Crippen LogP contribution is 2.37. The van der Waals surface area contributed by atoms with Crippen LogP contribution in [0.2, 0.25) is 5.02 Å². The van der Waals surface area contributed by atoms with Gasteiger partial charge in [0.1, 0.15) is 5.82 Å². The van der Waals surface area contributed by atoms with Crippen LogP contribution in [0.4, 0.5) is 10.1 Å². The molecule has 1 atom stereocenters. The maximum absolute atomic E-state index is 14.0. The molecule has 34 heavy (non-hydrogen) atoms. The van der Waals surface area contributed by atoms with E-state index >= 15 is 0 Å². The lowest BCUT2D eigenvalue weighted by Gasteiger charge is -2.23. The summed E-state index contributed by atoms with van der Waals surface area (Å²) in [6, 6.07) is 17.2. The van der Waals surface area contributed by atoms with Crippen LogP contribution >= 0.6 is 11.6 Å². The van der Waals surface area contributed by atoms with Gasteiger partial charge in [-0.3, -0.25) is 4.72 Å². The fourth-order valence-corrected chi connectivity index (χ4v) is 5.74. The van der Waals surface area contributed by atoms with Gasteiger partial charge in [0.15, 0.2) is 0 Å². The Hall–Kier alpha value is -2.95. The summed E-state index contributed by atoms with van der Waals surface area (Å²) in [4.78, 5) is 0.00706. The molecule has 0 fully saturated rings. The van der Waals surface area contributed by atoms with Crippen LogP contribution in [0.5, 0.6) is 0 Å². The first-order chi connectivity index (χ1) is 16.1. The van der Waals surface area contributed by atoms with Gasteiger partial charge in [-0.15, -0.1) is 0 Å². The molecule has 0 saturated carbocycles. The van der Waals surface area contributed by atoms with E-state index in [-0.39, 0.29) is 17.1 Å². The second-order valence-corrected chi connectivity index (χ2v) is 11.9. The van der Waals surface area contributed by atoms with E-state index < -0.39 is 31.9 Å². The summed E-state index contributed by atoms with van der Waals surface area (Å²) in [5.41, 5.74) is 1.94. The van der Waals surface area contributed by atoms with Gasteiger partial charge >= 0.3 is 0 Å². The Morgan fingerprint density at radius 2 is 1.71 bits per heavy atom. The van der Waals surface area contributed by atoms with Crippen LogP contribution in [0.15, 0.2) is 82.8 Å². The van der Waals surface area contributed by atoms with Gasteiger partial charge in [0.05, 0.1) is 22.4 Å². The molecular weight excluding hydrogens is 501 g/mol. The molecule has 178 valence electrons. The lowest BCUT2D eigenvalue weighted by Crippen LogP contribution is -2.27. The fraction of sp³-hybridized carbons (Fsp3) is 0.174. The molecule has 0 bridgehead atoms. The van der Waals surface area contributed by atoms with Gasteiger partial charge in [-0.2, -0.15) is 17.9 Å². The Balaban J connectivity index is 1.72. The van der Waals surface area contributed by atoms with Crippen molar-refractivity contribution >= 4 is 43.0 Å². The highest BCUT2D eigenvalue weighted by Gasteiger charge is 2.37. The number of halogens is 2. The van der Waals surface area contributed by atoms with Crippen LogP contribution < -0.4 is 4.72 Å². The van der Waals surface area contributed by atoms with Crippen LogP contribution in [-0.2, 0) is 20.0 Å². The van der Waals surface area contributed by atoms with Crippen LogP contribution in [-0.4, -0.2) is 32.7 Å². The van der Waals surface area contributed by atoms with E-state index in [1.807, 2.05) is 0 Å². The van der Waals surface area contributed by atoms with Crippen molar-refractivity contribution in [3.05, 3.63) is 94.8 Å². The maximum atomic E-state index is 14.0. The number of benzene rings is 3. The first kappa shape index (κ1) is 24.2. The summed E-state index contributed by atoms with van der Waals surface area (Å²) in [5.74, 6) is -0.545. The lowest BCUT2D eigenvalue weighted by atomic mass is 9.99. The number of hydrogen-bond acceptors (Lipinski definition) is 5. The maximum Gasteiger partial charge on any atom is 0.279 e. The average molecular weight is 522 g/mol. The first-order valence-electron chi connectivity index (χ1n) is 10.3. The molecule has 0 amide bonds. The van der Waals surface area contributed by atoms with Gasteiger partial charge < -0.3 is 0 Å². The van der Waals surface area contributed by atoms with Gasteiger partial charge in [-0.05, 0) is 66.6 Å². The van der Waals surface area contributed by atoms with Crippen LogP contribution in [0, 0.1) is 5.82 Å². The molecule has 1 unspecified atom stereocenters. The van der Waals surface area contributed by atoms with Crippen LogP contribution in [0.1, 0.15) is 30.5 Å². The van der Waals surface area contributed by atoms with Crippen molar-refractivity contribution in [1.29, 1.82) is 0 Å². The molecule has 1 aliphatic heterocycles. The van der Waals surface area contributed by atoms with E-state index in [4.69, 9.17) is 11.6 Å². The largest absolute Gasteiger partial charge is 0.284 e. The Kier molecular flexibility index (Phi) is 6.66. The van der Waals surface area contributed by atoms with E-state index in [9.17, 15) is 21.2 Å². The molecule has 1 aliphatic rings. The van der Waals surface area contributed by atoms with Crippen molar-refractivity contribution < 1.29 is 21.2 Å². The number of anilines is 1. The topological polar surface area (TPSA) is 95.9 Å². The Labute approximate surface area is 203 Å². The summed E-state index contributed by atoms with van der Waals surface area (Å²) in [7, 11) is -7.50. The zero-order chi connectivity index (χ0) is 24.5. The van der Waals surface area contributed by atoms with Gasteiger partial charge in [0.2, 0.25) is 10.0 Å². The highest BCUT2D eigenvalue weighted by molar-refractivity contribution is 7.92. The van der Waals surface area contributed by atoms with Crippen molar-refractivity contribution in [1.82, 2.24) is 4.41 Å². The predicted octanol–water partition coefficient (Wildman–Crippen LogP) is 4.78. The molecule has 0 aliphatic carbocycles. The normalized spacial score (nSPS) is 16.4. The Morgan fingerprint density at radius 3 is 2.32 bits per heavy atom. The number of nitrogens with zero attached hydrogens (tertiary/aromatic N) is 2. The summed E-state index contributed by atoms with van der Waals surface area (Å²) < 4.78 is 67.9. The van der Waals surface area contributed by atoms with Crippen LogP contribution in [0.25, 0.3) is 0 Å². The smallest absolute Gasteiger partial charge is 0.279 e. The molecule has 0 saturated heterocycles. The third-order valence-electron chi connectivity index (χ3n) is 5.34. The molecule has 1 N–H and O–H groups in total. The number of hydrogen-bond donors (Lipinski definition) is 1. The van der Waals surface area contributed by atoms with E-state index in [2.05, 4.69) is 9.82 Å². The van der Waals surface area contributed by atoms with Crippen molar-refractivity contribution in [3.63, 3.8) is 0 Å². The minimum atomic E-state index is -4.07. The number of nitrogens with one attached hydrogen (secondary N) is 1. The van der Waals surface area contributed by atoms with Crippen molar-refractivity contribution in [3.8, 4) is 0 Å². The summed E-state index contributed by atoms with van der Waals surface area (Å²) in [5, 5.41) is 4.80. The lowest BCUT2D eigenvalue weighted by molar-refractivity contribution is 0.370. The van der Waals surface area contributed by atoms with Gasteiger partial charge in [0.25, 0.3) is 10.0 Å². The van der Waals surface area contributed by atoms with Gasteiger partial charge in [-0.25, -0.2) is 12.8 Å². The zero-order valence-corrected chi connectivity index (χ0v) is 20.4. The van der Waals surface area contributed by atoms with Crippen LogP contribution in [0.3, 0.4) is 0 Å². The zero-order valence-electron chi connectivity index (χ0n) is 18.0. The average Bonchev–Trinajstić information content (AvgIpc) is 3.26. The molecule has 4 rings (SSSR count). The molecule has 7 nitrogen and oxygen atoms in total. The van der Waals surface area contributed by atoms with E-state index in [1.165, 1.54) is 49.4 Å². The third-order valence-corrected chi connectivity index (χ3v) is 8.59. The minimum Gasteiger partial charge on any atom is -0.284 e. The summed E-state index contributed by atoms with van der Waals surface area (Å²) in [6.45, 7) is 1.53. The molecule has 0 radical (unpaired) electrons. The van der Waals surface area contributed by atoms with E-state index in [0.29, 0.717) is 27.5 Å². The Morgan fingerprint density at radius 1 is 1.03 bits per heavy atom. The summed E-state index contributed by atoms with van der Waals surface area (Å²) >= 11 is 5.91. The van der Waals surface area contributed by atoms with Gasteiger partial charge in [-0.1, -0.05) is 35.9 Å².